The zero-order chi connectivity index (χ0) is 22.0. The lowest BCUT2D eigenvalue weighted by molar-refractivity contribution is -0.141. The first kappa shape index (κ1) is 21.5. The fraction of sp³-hybridized carbons (Fsp3) is 0.250. The van der Waals surface area contributed by atoms with Crippen LogP contribution in [0.4, 0.5) is 8.78 Å². The number of carbonyl (C=O) groups is 1. The van der Waals surface area contributed by atoms with Gasteiger partial charge in [-0.15, -0.1) is 0 Å². The minimum absolute atomic E-state index is 0.125. The van der Waals surface area contributed by atoms with E-state index in [4.69, 9.17) is 16.3 Å². The van der Waals surface area contributed by atoms with E-state index in [0.717, 1.165) is 10.6 Å². The van der Waals surface area contributed by atoms with Gasteiger partial charge in [0.2, 0.25) is 5.76 Å². The standard InChI is InChI=1S/C20H17ClF2N2O5/c1-3-15(20(27)28)25-9-17(29-2)13(7-18(25)26)12-6-10(21)4-5-11(12)14-8-16(19(22)23)30-24-14/h4-9,15,19H,3H2,1-2H3,(H,27,28). The van der Waals surface area contributed by atoms with Gasteiger partial charge in [0.05, 0.1) is 13.3 Å². The quantitative estimate of drug-likeness (QED) is 0.569. The summed E-state index contributed by atoms with van der Waals surface area (Å²) in [5, 5.41) is 13.4. The van der Waals surface area contributed by atoms with Crippen molar-refractivity contribution in [2.45, 2.75) is 25.8 Å². The van der Waals surface area contributed by atoms with E-state index in [1.807, 2.05) is 0 Å². The van der Waals surface area contributed by atoms with Crippen LogP contribution in [0.25, 0.3) is 22.4 Å². The van der Waals surface area contributed by atoms with Crippen LogP contribution < -0.4 is 10.3 Å². The maximum atomic E-state index is 12.9. The summed E-state index contributed by atoms with van der Waals surface area (Å²) in [5.74, 6) is -1.55. The molecule has 0 saturated carbocycles. The van der Waals surface area contributed by atoms with E-state index in [0.29, 0.717) is 21.7 Å². The maximum absolute atomic E-state index is 12.9. The minimum atomic E-state index is -2.83. The first-order valence-electron chi connectivity index (χ1n) is 8.84. The molecule has 0 fully saturated rings. The van der Waals surface area contributed by atoms with E-state index in [1.54, 1.807) is 19.1 Å². The van der Waals surface area contributed by atoms with Gasteiger partial charge in [-0.05, 0) is 24.1 Å². The van der Waals surface area contributed by atoms with Gasteiger partial charge in [0.1, 0.15) is 17.5 Å². The number of halogens is 3. The van der Waals surface area contributed by atoms with Crippen molar-refractivity contribution in [1.82, 2.24) is 9.72 Å². The van der Waals surface area contributed by atoms with Gasteiger partial charge in [0.15, 0.2) is 0 Å². The van der Waals surface area contributed by atoms with Crippen LogP contribution in [0.1, 0.15) is 31.6 Å². The molecule has 0 aliphatic rings. The molecule has 0 saturated heterocycles. The monoisotopic (exact) mass is 438 g/mol. The van der Waals surface area contributed by atoms with Crippen molar-refractivity contribution >= 4 is 17.6 Å². The molecule has 158 valence electrons. The molecule has 1 N–H and O–H groups in total. The molecule has 30 heavy (non-hydrogen) atoms. The number of benzene rings is 1. The van der Waals surface area contributed by atoms with Crippen molar-refractivity contribution in [2.24, 2.45) is 0 Å². The summed E-state index contributed by atoms with van der Waals surface area (Å²) in [6.07, 6.45) is -1.34. The predicted octanol–water partition coefficient (Wildman–Crippen LogP) is 4.81. The third-order valence-electron chi connectivity index (χ3n) is 4.56. The Hall–Kier alpha value is -3.20. The summed E-state index contributed by atoms with van der Waals surface area (Å²) in [6, 6.07) is 5.88. The van der Waals surface area contributed by atoms with Gasteiger partial charge in [-0.25, -0.2) is 13.6 Å². The molecule has 0 aliphatic heterocycles. The lowest BCUT2D eigenvalue weighted by Gasteiger charge is -2.18. The molecule has 0 spiro atoms. The fourth-order valence-electron chi connectivity index (χ4n) is 3.12. The van der Waals surface area contributed by atoms with Gasteiger partial charge in [-0.3, -0.25) is 9.36 Å². The SMILES string of the molecule is CCC(C(=O)O)n1cc(OC)c(-c2cc(Cl)ccc2-c2cc(C(F)F)on2)cc1=O. The second-order valence-electron chi connectivity index (χ2n) is 6.37. The normalized spacial score (nSPS) is 12.2. The number of nitrogens with zero attached hydrogens (tertiary/aromatic N) is 2. The number of carboxylic acids is 1. The maximum Gasteiger partial charge on any atom is 0.326 e. The zero-order valence-corrected chi connectivity index (χ0v) is 16.7. The Labute approximate surface area is 174 Å². The van der Waals surface area contributed by atoms with E-state index < -0.39 is 29.8 Å². The third kappa shape index (κ3) is 4.06. The van der Waals surface area contributed by atoms with Gasteiger partial charge < -0.3 is 14.4 Å². The second-order valence-corrected chi connectivity index (χ2v) is 6.80. The molecule has 2 heterocycles. The van der Waals surface area contributed by atoms with E-state index in [9.17, 15) is 23.5 Å². The molecule has 0 radical (unpaired) electrons. The van der Waals surface area contributed by atoms with E-state index in [1.165, 1.54) is 25.4 Å². The molecule has 3 aromatic rings. The number of hydrogen-bond donors (Lipinski definition) is 1. The molecule has 2 aromatic heterocycles. The minimum Gasteiger partial charge on any atom is -0.495 e. The number of rotatable bonds is 7. The Morgan fingerprint density at radius 3 is 2.57 bits per heavy atom. The van der Waals surface area contributed by atoms with Crippen LogP contribution in [0.15, 0.2) is 45.8 Å². The Morgan fingerprint density at radius 1 is 1.27 bits per heavy atom. The van der Waals surface area contributed by atoms with Crippen LogP contribution in [-0.4, -0.2) is 27.9 Å². The van der Waals surface area contributed by atoms with Crippen molar-refractivity contribution in [2.75, 3.05) is 7.11 Å². The Kier molecular flexibility index (Phi) is 6.21. The molecule has 10 heteroatoms. The summed E-state index contributed by atoms with van der Waals surface area (Å²) in [6.45, 7) is 1.64. The highest BCUT2D eigenvalue weighted by Crippen LogP contribution is 2.39. The number of aliphatic carboxylic acids is 1. The summed E-state index contributed by atoms with van der Waals surface area (Å²) in [4.78, 5) is 24.2. The highest BCUT2D eigenvalue weighted by molar-refractivity contribution is 6.31. The molecule has 0 aliphatic carbocycles. The second kappa shape index (κ2) is 8.66. The summed E-state index contributed by atoms with van der Waals surface area (Å²) >= 11 is 6.13. The van der Waals surface area contributed by atoms with Gasteiger partial charge >= 0.3 is 5.97 Å². The average Bonchev–Trinajstić information content (AvgIpc) is 3.19. The number of aromatic nitrogens is 2. The third-order valence-corrected chi connectivity index (χ3v) is 4.80. The summed E-state index contributed by atoms with van der Waals surface area (Å²) in [7, 11) is 1.37. The fourth-order valence-corrected chi connectivity index (χ4v) is 3.29. The van der Waals surface area contributed by atoms with Crippen LogP contribution in [0, 0.1) is 0 Å². The van der Waals surface area contributed by atoms with E-state index >= 15 is 0 Å². The summed E-state index contributed by atoms with van der Waals surface area (Å²) < 4.78 is 36.9. The van der Waals surface area contributed by atoms with Crippen molar-refractivity contribution in [1.29, 1.82) is 0 Å². The van der Waals surface area contributed by atoms with Crippen molar-refractivity contribution in [3.8, 4) is 28.1 Å². The highest BCUT2D eigenvalue weighted by Gasteiger charge is 2.23. The summed E-state index contributed by atoms with van der Waals surface area (Å²) in [5.41, 5.74) is 0.634. The van der Waals surface area contributed by atoms with Crippen LogP contribution in [0.2, 0.25) is 5.02 Å². The van der Waals surface area contributed by atoms with Crippen LogP contribution >= 0.6 is 11.6 Å². The molecule has 1 atom stereocenters. The number of pyridine rings is 1. The largest absolute Gasteiger partial charge is 0.495 e. The predicted molar refractivity (Wildman–Crippen MR) is 105 cm³/mol. The van der Waals surface area contributed by atoms with Crippen molar-refractivity contribution < 1.29 is 27.9 Å². The van der Waals surface area contributed by atoms with Crippen molar-refractivity contribution in [3.63, 3.8) is 0 Å². The van der Waals surface area contributed by atoms with Crippen LogP contribution in [-0.2, 0) is 4.79 Å². The lowest BCUT2D eigenvalue weighted by atomic mass is 9.97. The van der Waals surface area contributed by atoms with Crippen molar-refractivity contribution in [3.05, 3.63) is 57.7 Å². The highest BCUT2D eigenvalue weighted by atomic mass is 35.5. The molecule has 0 bridgehead atoms. The van der Waals surface area contributed by atoms with Gasteiger partial charge in [0, 0.05) is 28.3 Å². The molecule has 1 unspecified atom stereocenters. The molecule has 1 aromatic carbocycles. The Morgan fingerprint density at radius 2 is 2.00 bits per heavy atom. The van der Waals surface area contributed by atoms with E-state index in [2.05, 4.69) is 9.68 Å². The molecule has 0 amide bonds. The Bertz CT molecular complexity index is 1140. The molecule has 3 rings (SSSR count). The van der Waals surface area contributed by atoms with Gasteiger partial charge in [0.25, 0.3) is 12.0 Å². The van der Waals surface area contributed by atoms with E-state index in [-0.39, 0.29) is 17.9 Å². The van der Waals surface area contributed by atoms with Crippen LogP contribution in [0.3, 0.4) is 0 Å². The lowest BCUT2D eigenvalue weighted by Crippen LogP contribution is -2.29. The number of carboxylic acid groups (broad SMARTS) is 1. The first-order valence-corrected chi connectivity index (χ1v) is 9.22. The zero-order valence-electron chi connectivity index (χ0n) is 15.9. The number of hydrogen-bond acceptors (Lipinski definition) is 5. The number of alkyl halides is 2. The molecular weight excluding hydrogens is 422 g/mol. The van der Waals surface area contributed by atoms with Gasteiger partial charge in [-0.2, -0.15) is 0 Å². The number of ether oxygens (including phenoxy) is 1. The Balaban J connectivity index is 2.22. The topological polar surface area (TPSA) is 94.6 Å². The average molecular weight is 439 g/mol. The van der Waals surface area contributed by atoms with Crippen LogP contribution in [0.5, 0.6) is 5.75 Å². The first-order chi connectivity index (χ1) is 14.3. The van der Waals surface area contributed by atoms with Gasteiger partial charge in [-0.1, -0.05) is 29.7 Å². The smallest absolute Gasteiger partial charge is 0.326 e. The molecule has 7 nitrogen and oxygen atoms in total. The number of methoxy groups -OCH3 is 1. The molecular formula is C20H17ClF2N2O5.